The Balaban J connectivity index is 1.32. The molecule has 0 aliphatic rings. The Hall–Kier alpha value is -5.29. The van der Waals surface area contributed by atoms with Gasteiger partial charge in [-0.05, 0) is 54.1 Å². The lowest BCUT2D eigenvalue weighted by atomic mass is 10.1. The van der Waals surface area contributed by atoms with E-state index in [4.69, 9.17) is 14.2 Å². The van der Waals surface area contributed by atoms with Gasteiger partial charge in [-0.2, -0.15) is 0 Å². The van der Waals surface area contributed by atoms with E-state index in [1.807, 2.05) is 66.7 Å². The lowest BCUT2D eigenvalue weighted by Crippen LogP contribution is -2.38. The first-order valence-corrected chi connectivity index (χ1v) is 13.1. The summed E-state index contributed by atoms with van der Waals surface area (Å²) >= 11 is 0. The first kappa shape index (κ1) is 29.7. The van der Waals surface area contributed by atoms with Crippen LogP contribution in [0.15, 0.2) is 84.9 Å². The van der Waals surface area contributed by atoms with E-state index in [-0.39, 0.29) is 18.3 Å². The molecule has 0 fully saturated rings. The highest BCUT2D eigenvalue weighted by atomic mass is 16.5. The first-order valence-electron chi connectivity index (χ1n) is 13.1. The van der Waals surface area contributed by atoms with Gasteiger partial charge in [0, 0.05) is 23.7 Å². The highest BCUT2D eigenvalue weighted by Gasteiger charge is 2.13. The smallest absolute Gasteiger partial charge is 0.251 e. The van der Waals surface area contributed by atoms with E-state index >= 15 is 0 Å². The SMILES string of the molecule is COc1ccc(-c2cc(NC(=O)COCC(=O)NCC(=O)NCc3ccccc3)nc(-c3ccc(OC)cc3)n2)cc1. The average Bonchev–Trinajstić information content (AvgIpc) is 3.03. The maximum absolute atomic E-state index is 12.6. The number of nitrogens with zero attached hydrogens (tertiary/aromatic N) is 2. The van der Waals surface area contributed by atoms with Gasteiger partial charge in [0.25, 0.3) is 5.91 Å². The van der Waals surface area contributed by atoms with Crippen LogP contribution in [-0.2, 0) is 25.7 Å². The Bertz CT molecular complexity index is 1430. The van der Waals surface area contributed by atoms with Crippen molar-refractivity contribution in [3.63, 3.8) is 0 Å². The minimum absolute atomic E-state index is 0.204. The topological polar surface area (TPSA) is 141 Å². The molecular weight excluding hydrogens is 538 g/mol. The predicted molar refractivity (Wildman–Crippen MR) is 157 cm³/mol. The molecule has 1 heterocycles. The number of carbonyl (C=O) groups excluding carboxylic acids is 3. The molecule has 1 aromatic heterocycles. The molecule has 0 saturated heterocycles. The second-order valence-electron chi connectivity index (χ2n) is 9.00. The molecule has 3 N–H and O–H groups in total. The van der Waals surface area contributed by atoms with Gasteiger partial charge in [-0.15, -0.1) is 0 Å². The molecule has 0 aliphatic heterocycles. The highest BCUT2D eigenvalue weighted by molar-refractivity contribution is 5.92. The van der Waals surface area contributed by atoms with Gasteiger partial charge in [0.1, 0.15) is 30.5 Å². The van der Waals surface area contributed by atoms with Crippen LogP contribution in [-0.4, -0.2) is 61.7 Å². The van der Waals surface area contributed by atoms with Crippen molar-refractivity contribution in [1.29, 1.82) is 0 Å². The summed E-state index contributed by atoms with van der Waals surface area (Å²) in [5, 5.41) is 7.88. The molecule has 0 radical (unpaired) electrons. The van der Waals surface area contributed by atoms with Gasteiger partial charge >= 0.3 is 0 Å². The van der Waals surface area contributed by atoms with Crippen LogP contribution in [0.25, 0.3) is 22.6 Å². The number of anilines is 1. The van der Waals surface area contributed by atoms with E-state index in [1.54, 1.807) is 32.4 Å². The molecule has 3 amide bonds. The molecule has 4 aromatic rings. The zero-order valence-corrected chi connectivity index (χ0v) is 23.3. The molecule has 3 aromatic carbocycles. The van der Waals surface area contributed by atoms with E-state index in [9.17, 15) is 14.4 Å². The zero-order chi connectivity index (χ0) is 29.7. The van der Waals surface area contributed by atoms with Gasteiger partial charge < -0.3 is 30.2 Å². The third-order valence-electron chi connectivity index (χ3n) is 5.97. The van der Waals surface area contributed by atoms with Gasteiger partial charge in [-0.3, -0.25) is 14.4 Å². The van der Waals surface area contributed by atoms with Crippen molar-refractivity contribution in [3.8, 4) is 34.1 Å². The minimum Gasteiger partial charge on any atom is -0.497 e. The third kappa shape index (κ3) is 8.86. The molecule has 11 nitrogen and oxygen atoms in total. The van der Waals surface area contributed by atoms with Crippen LogP contribution < -0.4 is 25.4 Å². The number of carbonyl (C=O) groups is 3. The summed E-state index contributed by atoms with van der Waals surface area (Å²) in [6.45, 7) is -0.634. The number of benzene rings is 3. The van der Waals surface area contributed by atoms with Crippen molar-refractivity contribution >= 4 is 23.5 Å². The predicted octanol–water partition coefficient (Wildman–Crippen LogP) is 3.22. The Morgan fingerprint density at radius 1 is 0.690 bits per heavy atom. The Morgan fingerprint density at radius 3 is 1.95 bits per heavy atom. The highest BCUT2D eigenvalue weighted by Crippen LogP contribution is 2.27. The van der Waals surface area contributed by atoms with Gasteiger partial charge in [-0.1, -0.05) is 30.3 Å². The minimum atomic E-state index is -0.525. The van der Waals surface area contributed by atoms with Gasteiger partial charge in [0.2, 0.25) is 11.8 Å². The first-order chi connectivity index (χ1) is 20.4. The van der Waals surface area contributed by atoms with Crippen LogP contribution in [0.2, 0.25) is 0 Å². The molecule has 11 heteroatoms. The van der Waals surface area contributed by atoms with Crippen LogP contribution in [0.1, 0.15) is 5.56 Å². The molecule has 42 heavy (non-hydrogen) atoms. The number of hydrogen-bond acceptors (Lipinski definition) is 8. The number of hydrogen-bond donors (Lipinski definition) is 3. The summed E-state index contributed by atoms with van der Waals surface area (Å²) in [4.78, 5) is 45.8. The number of rotatable bonds is 13. The van der Waals surface area contributed by atoms with Gasteiger partial charge in [0.05, 0.1) is 26.5 Å². The summed E-state index contributed by atoms with van der Waals surface area (Å²) in [6.07, 6.45) is 0. The molecule has 0 aliphatic carbocycles. The monoisotopic (exact) mass is 569 g/mol. The second kappa shape index (κ2) is 14.9. The van der Waals surface area contributed by atoms with Crippen LogP contribution in [0.5, 0.6) is 11.5 Å². The summed E-state index contributed by atoms with van der Waals surface area (Å²) in [6, 6.07) is 25.6. The largest absolute Gasteiger partial charge is 0.497 e. The quantitative estimate of drug-likeness (QED) is 0.223. The van der Waals surface area contributed by atoms with Crippen molar-refractivity contribution in [2.24, 2.45) is 0 Å². The van der Waals surface area contributed by atoms with Gasteiger partial charge in [-0.25, -0.2) is 9.97 Å². The normalized spacial score (nSPS) is 10.4. The summed E-state index contributed by atoms with van der Waals surface area (Å²) in [5.41, 5.74) is 3.05. The van der Waals surface area contributed by atoms with Crippen LogP contribution in [0, 0.1) is 0 Å². The molecule has 216 valence electrons. The molecule has 0 spiro atoms. The van der Waals surface area contributed by atoms with Crippen molar-refractivity contribution in [2.45, 2.75) is 6.54 Å². The zero-order valence-electron chi connectivity index (χ0n) is 23.3. The Kier molecular flexibility index (Phi) is 10.5. The van der Waals surface area contributed by atoms with E-state index in [1.165, 1.54) is 0 Å². The number of aromatic nitrogens is 2. The lowest BCUT2D eigenvalue weighted by molar-refractivity contribution is -0.131. The fourth-order valence-electron chi connectivity index (χ4n) is 3.79. The number of ether oxygens (including phenoxy) is 3. The van der Waals surface area contributed by atoms with Crippen LogP contribution >= 0.6 is 0 Å². The van der Waals surface area contributed by atoms with E-state index in [0.717, 1.165) is 16.7 Å². The molecule has 0 saturated carbocycles. The standard InChI is InChI=1S/C31H31N5O6/c1-40-24-12-8-22(9-13-24)26-16-27(36-31(34-26)23-10-14-25(41-2)15-11-23)35-30(39)20-42-19-29(38)33-18-28(37)32-17-21-6-4-3-5-7-21/h3-16H,17-20H2,1-2H3,(H,32,37)(H,33,38)(H,34,35,36,39). The molecular formula is C31H31N5O6. The maximum atomic E-state index is 12.6. The summed E-state index contributed by atoms with van der Waals surface area (Å²) in [7, 11) is 3.17. The fraction of sp³-hybridized carbons (Fsp3) is 0.194. The van der Waals surface area contributed by atoms with Gasteiger partial charge in [0.15, 0.2) is 5.82 Å². The Morgan fingerprint density at radius 2 is 1.31 bits per heavy atom. The average molecular weight is 570 g/mol. The third-order valence-corrected chi connectivity index (χ3v) is 5.97. The molecule has 0 atom stereocenters. The number of nitrogens with one attached hydrogen (secondary N) is 3. The maximum Gasteiger partial charge on any atom is 0.251 e. The van der Waals surface area contributed by atoms with Crippen molar-refractivity contribution in [3.05, 3.63) is 90.5 Å². The van der Waals surface area contributed by atoms with Crippen LogP contribution in [0.4, 0.5) is 5.82 Å². The fourth-order valence-corrected chi connectivity index (χ4v) is 3.79. The Labute approximate surface area is 243 Å². The summed E-state index contributed by atoms with van der Waals surface area (Å²) in [5.74, 6) is 0.668. The molecule has 0 bridgehead atoms. The van der Waals surface area contributed by atoms with Crippen LogP contribution in [0.3, 0.4) is 0 Å². The van der Waals surface area contributed by atoms with Crippen molar-refractivity contribution < 1.29 is 28.6 Å². The van der Waals surface area contributed by atoms with Crippen molar-refractivity contribution in [2.75, 3.05) is 39.3 Å². The lowest BCUT2D eigenvalue weighted by Gasteiger charge is -2.11. The van der Waals surface area contributed by atoms with E-state index < -0.39 is 25.0 Å². The van der Waals surface area contributed by atoms with Crippen molar-refractivity contribution in [1.82, 2.24) is 20.6 Å². The van der Waals surface area contributed by atoms with E-state index in [0.29, 0.717) is 29.6 Å². The number of amides is 3. The number of methoxy groups -OCH3 is 2. The van der Waals surface area contributed by atoms with E-state index in [2.05, 4.69) is 25.9 Å². The molecule has 4 rings (SSSR count). The summed E-state index contributed by atoms with van der Waals surface area (Å²) < 4.78 is 15.7. The molecule has 0 unspecified atom stereocenters. The second-order valence-corrected chi connectivity index (χ2v) is 9.00.